The van der Waals surface area contributed by atoms with Crippen molar-refractivity contribution in [2.75, 3.05) is 30.8 Å². The maximum Gasteiger partial charge on any atom is 0.148 e. The largest absolute Gasteiger partial charge is 0.394 e. The summed E-state index contributed by atoms with van der Waals surface area (Å²) in [6.07, 6.45) is 3.31. The van der Waals surface area contributed by atoms with Gasteiger partial charge in [0.2, 0.25) is 0 Å². The van der Waals surface area contributed by atoms with Crippen molar-refractivity contribution >= 4 is 11.5 Å². The fraction of sp³-hybridized carbons (Fsp3) is 0.769. The lowest BCUT2D eigenvalue weighted by molar-refractivity contribution is 0.131. The van der Waals surface area contributed by atoms with Crippen LogP contribution in [0.3, 0.4) is 0 Å². The number of hydrogen-bond donors (Lipinski definition) is 2. The van der Waals surface area contributed by atoms with Crippen LogP contribution in [0.25, 0.3) is 0 Å². The van der Waals surface area contributed by atoms with Gasteiger partial charge in [0.15, 0.2) is 0 Å². The molecule has 1 rings (SSSR count). The highest BCUT2D eigenvalue weighted by Gasteiger charge is 2.10. The van der Waals surface area contributed by atoms with Crippen LogP contribution < -0.4 is 11.1 Å². The Morgan fingerprint density at radius 1 is 1.28 bits per heavy atom. The van der Waals surface area contributed by atoms with Gasteiger partial charge < -0.3 is 15.8 Å². The van der Waals surface area contributed by atoms with Crippen molar-refractivity contribution in [2.45, 2.75) is 46.6 Å². The van der Waals surface area contributed by atoms with Crippen molar-refractivity contribution in [3.63, 3.8) is 0 Å². The van der Waals surface area contributed by atoms with Crippen LogP contribution in [-0.4, -0.2) is 29.5 Å². The highest BCUT2D eigenvalue weighted by atomic mass is 16.5. The van der Waals surface area contributed by atoms with Gasteiger partial charge in [0.05, 0.1) is 11.4 Å². The second-order valence-electron chi connectivity index (χ2n) is 4.41. The molecule has 104 valence electrons. The van der Waals surface area contributed by atoms with E-state index in [1.165, 1.54) is 6.42 Å². The highest BCUT2D eigenvalue weighted by Crippen LogP contribution is 2.21. The minimum atomic E-state index is 0.753. The summed E-state index contributed by atoms with van der Waals surface area (Å²) in [6.45, 7) is 9.51. The minimum Gasteiger partial charge on any atom is -0.394 e. The Hall–Kier alpha value is -1.23. The van der Waals surface area contributed by atoms with Gasteiger partial charge in [0.25, 0.3) is 0 Å². The monoisotopic (exact) mass is 254 g/mol. The van der Waals surface area contributed by atoms with Gasteiger partial charge in [-0.1, -0.05) is 13.3 Å². The molecule has 1 aromatic heterocycles. The minimum absolute atomic E-state index is 0.753. The third kappa shape index (κ3) is 4.22. The molecule has 0 saturated heterocycles. The number of nitrogens with one attached hydrogen (secondary N) is 1. The molecule has 0 atom stereocenters. The normalized spacial score (nSPS) is 10.8. The zero-order valence-corrected chi connectivity index (χ0v) is 11.8. The predicted molar refractivity (Wildman–Crippen MR) is 75.9 cm³/mol. The second kappa shape index (κ2) is 7.97. The number of aryl methyl sites for hydroxylation is 2. The van der Waals surface area contributed by atoms with E-state index in [0.717, 1.165) is 56.3 Å². The Labute approximate surface area is 110 Å². The fourth-order valence-corrected chi connectivity index (χ4v) is 1.74. The average Bonchev–Trinajstić information content (AvgIpc) is 2.65. The standard InChI is InChI=1S/C13H26N4O/c1-4-6-9-18-10-7-8-15-13-12(14)11(3)16-17(13)5-2/h15H,4-10,14H2,1-3H3. The Morgan fingerprint density at radius 3 is 2.67 bits per heavy atom. The van der Waals surface area contributed by atoms with Crippen LogP contribution in [0.1, 0.15) is 38.8 Å². The van der Waals surface area contributed by atoms with Crippen molar-refractivity contribution < 1.29 is 4.74 Å². The quantitative estimate of drug-likeness (QED) is 0.664. The van der Waals surface area contributed by atoms with Crippen LogP contribution >= 0.6 is 0 Å². The molecule has 0 unspecified atom stereocenters. The summed E-state index contributed by atoms with van der Waals surface area (Å²) in [7, 11) is 0. The first-order chi connectivity index (χ1) is 8.70. The molecule has 0 aliphatic carbocycles. The molecule has 5 nitrogen and oxygen atoms in total. The Balaban J connectivity index is 2.26. The van der Waals surface area contributed by atoms with E-state index in [1.54, 1.807) is 0 Å². The highest BCUT2D eigenvalue weighted by molar-refractivity contribution is 5.64. The smallest absolute Gasteiger partial charge is 0.148 e. The summed E-state index contributed by atoms with van der Waals surface area (Å²) in [4.78, 5) is 0. The second-order valence-corrected chi connectivity index (χ2v) is 4.41. The van der Waals surface area contributed by atoms with Gasteiger partial charge in [-0.3, -0.25) is 0 Å². The van der Waals surface area contributed by atoms with Gasteiger partial charge in [-0.05, 0) is 26.7 Å². The van der Waals surface area contributed by atoms with Crippen molar-refractivity contribution in [3.05, 3.63) is 5.69 Å². The number of aromatic nitrogens is 2. The first-order valence-electron chi connectivity index (χ1n) is 6.85. The number of rotatable bonds is 9. The van der Waals surface area contributed by atoms with E-state index in [1.807, 2.05) is 11.6 Å². The maximum absolute atomic E-state index is 5.98. The third-order valence-corrected chi connectivity index (χ3v) is 2.87. The number of nitrogens with zero attached hydrogens (tertiary/aromatic N) is 2. The molecule has 0 bridgehead atoms. The molecule has 1 aromatic rings. The Bertz CT molecular complexity index is 349. The maximum atomic E-state index is 5.98. The summed E-state index contributed by atoms with van der Waals surface area (Å²) in [5.41, 5.74) is 7.62. The summed E-state index contributed by atoms with van der Waals surface area (Å²) in [5.74, 6) is 0.934. The molecule has 0 radical (unpaired) electrons. The van der Waals surface area contributed by atoms with Crippen LogP contribution in [0.2, 0.25) is 0 Å². The average molecular weight is 254 g/mol. The zero-order chi connectivity index (χ0) is 13.4. The van der Waals surface area contributed by atoms with Crippen LogP contribution in [0.15, 0.2) is 0 Å². The summed E-state index contributed by atoms with van der Waals surface area (Å²) < 4.78 is 7.42. The van der Waals surface area contributed by atoms with Gasteiger partial charge in [0.1, 0.15) is 5.82 Å². The lowest BCUT2D eigenvalue weighted by atomic mass is 10.3. The Kier molecular flexibility index (Phi) is 6.57. The van der Waals surface area contributed by atoms with Crippen LogP contribution in [0, 0.1) is 6.92 Å². The number of ether oxygens (including phenoxy) is 1. The topological polar surface area (TPSA) is 65.1 Å². The van der Waals surface area contributed by atoms with Gasteiger partial charge in [-0.2, -0.15) is 5.10 Å². The molecule has 3 N–H and O–H groups in total. The summed E-state index contributed by atoms with van der Waals surface area (Å²) in [5, 5.41) is 7.71. The van der Waals surface area contributed by atoms with Gasteiger partial charge >= 0.3 is 0 Å². The fourth-order valence-electron chi connectivity index (χ4n) is 1.74. The molecule has 0 aromatic carbocycles. The first kappa shape index (κ1) is 14.8. The van der Waals surface area contributed by atoms with E-state index in [0.29, 0.717) is 0 Å². The van der Waals surface area contributed by atoms with Gasteiger partial charge in [-0.25, -0.2) is 4.68 Å². The molecular weight excluding hydrogens is 228 g/mol. The van der Waals surface area contributed by atoms with Crippen LogP contribution in [-0.2, 0) is 11.3 Å². The van der Waals surface area contributed by atoms with Gasteiger partial charge in [-0.15, -0.1) is 0 Å². The molecule has 0 aliphatic rings. The molecule has 0 fully saturated rings. The van der Waals surface area contributed by atoms with Crippen LogP contribution in [0.4, 0.5) is 11.5 Å². The van der Waals surface area contributed by atoms with Crippen molar-refractivity contribution in [2.24, 2.45) is 0 Å². The molecule has 0 aliphatic heterocycles. The molecule has 5 heteroatoms. The molecule has 1 heterocycles. The number of anilines is 2. The van der Waals surface area contributed by atoms with E-state index in [4.69, 9.17) is 10.5 Å². The lowest BCUT2D eigenvalue weighted by Gasteiger charge is -2.09. The first-order valence-corrected chi connectivity index (χ1v) is 6.85. The zero-order valence-electron chi connectivity index (χ0n) is 11.8. The van der Waals surface area contributed by atoms with E-state index >= 15 is 0 Å². The SMILES string of the molecule is CCCCOCCCNc1c(N)c(C)nn1CC. The number of unbranched alkanes of at least 4 members (excludes halogenated alkanes) is 1. The van der Waals surface area contributed by atoms with E-state index in [2.05, 4.69) is 24.3 Å². The number of nitrogens with two attached hydrogens (primary N) is 1. The summed E-state index contributed by atoms with van der Waals surface area (Å²) in [6, 6.07) is 0. The molecule has 0 spiro atoms. The number of hydrogen-bond acceptors (Lipinski definition) is 4. The predicted octanol–water partition coefficient (Wildman–Crippen LogP) is 2.41. The van der Waals surface area contributed by atoms with Crippen molar-refractivity contribution in [3.8, 4) is 0 Å². The summed E-state index contributed by atoms with van der Waals surface area (Å²) >= 11 is 0. The third-order valence-electron chi connectivity index (χ3n) is 2.87. The Morgan fingerprint density at radius 2 is 2.00 bits per heavy atom. The van der Waals surface area contributed by atoms with Crippen LogP contribution in [0.5, 0.6) is 0 Å². The molecule has 0 saturated carbocycles. The molecular formula is C13H26N4O. The molecule has 0 amide bonds. The van der Waals surface area contributed by atoms with Crippen molar-refractivity contribution in [1.29, 1.82) is 0 Å². The van der Waals surface area contributed by atoms with Crippen molar-refractivity contribution in [1.82, 2.24) is 9.78 Å². The van der Waals surface area contributed by atoms with E-state index in [-0.39, 0.29) is 0 Å². The number of nitrogen functional groups attached to an aromatic ring is 1. The van der Waals surface area contributed by atoms with E-state index < -0.39 is 0 Å². The molecule has 18 heavy (non-hydrogen) atoms. The van der Waals surface area contributed by atoms with E-state index in [9.17, 15) is 0 Å². The van der Waals surface area contributed by atoms with Gasteiger partial charge in [0, 0.05) is 26.3 Å². The lowest BCUT2D eigenvalue weighted by Crippen LogP contribution is -2.11.